The molecule has 1 saturated carbocycles. The van der Waals surface area contributed by atoms with Crippen LogP contribution in [-0.2, 0) is 4.79 Å². The lowest BCUT2D eigenvalue weighted by atomic mass is 9.92. The summed E-state index contributed by atoms with van der Waals surface area (Å²) >= 11 is 0. The summed E-state index contributed by atoms with van der Waals surface area (Å²) in [4.78, 5) is 12.1. The normalized spacial score (nSPS) is 30.9. The SMILES string of the molecule is CC1CCCNC1C(=O)NCC1(CCO)CC1. The van der Waals surface area contributed by atoms with Gasteiger partial charge in [-0.1, -0.05) is 6.92 Å². The third-order valence-corrected chi connectivity index (χ3v) is 4.29. The van der Waals surface area contributed by atoms with E-state index in [2.05, 4.69) is 17.6 Å². The van der Waals surface area contributed by atoms with Crippen LogP contribution in [0.2, 0.25) is 0 Å². The van der Waals surface area contributed by atoms with E-state index in [9.17, 15) is 4.79 Å². The quantitative estimate of drug-likeness (QED) is 0.661. The molecule has 4 nitrogen and oxygen atoms in total. The monoisotopic (exact) mass is 240 g/mol. The van der Waals surface area contributed by atoms with Crippen molar-refractivity contribution in [1.82, 2.24) is 10.6 Å². The van der Waals surface area contributed by atoms with Gasteiger partial charge < -0.3 is 15.7 Å². The van der Waals surface area contributed by atoms with Crippen molar-refractivity contribution in [2.75, 3.05) is 19.7 Å². The molecule has 0 radical (unpaired) electrons. The van der Waals surface area contributed by atoms with Crippen LogP contribution in [0.3, 0.4) is 0 Å². The van der Waals surface area contributed by atoms with Crippen molar-refractivity contribution < 1.29 is 9.90 Å². The maximum Gasteiger partial charge on any atom is 0.237 e. The molecule has 0 aromatic carbocycles. The molecule has 1 amide bonds. The number of piperidine rings is 1. The highest BCUT2D eigenvalue weighted by Gasteiger charge is 2.42. The molecule has 0 aromatic heterocycles. The Bertz CT molecular complexity index is 277. The molecule has 1 heterocycles. The van der Waals surface area contributed by atoms with E-state index in [1.54, 1.807) is 0 Å². The standard InChI is InChI=1S/C13H24N2O2/c1-10-3-2-7-14-11(10)12(17)15-9-13(4-5-13)6-8-16/h10-11,14,16H,2-9H2,1H3,(H,15,17). The van der Waals surface area contributed by atoms with Gasteiger partial charge >= 0.3 is 0 Å². The van der Waals surface area contributed by atoms with E-state index >= 15 is 0 Å². The van der Waals surface area contributed by atoms with E-state index in [0.29, 0.717) is 5.92 Å². The zero-order valence-electron chi connectivity index (χ0n) is 10.7. The van der Waals surface area contributed by atoms with Gasteiger partial charge in [0, 0.05) is 13.2 Å². The van der Waals surface area contributed by atoms with Crippen LogP contribution in [0.1, 0.15) is 39.0 Å². The van der Waals surface area contributed by atoms with E-state index in [-0.39, 0.29) is 24.0 Å². The number of hydrogen-bond donors (Lipinski definition) is 3. The molecule has 2 unspecified atom stereocenters. The Labute approximate surface area is 103 Å². The second kappa shape index (κ2) is 5.36. The summed E-state index contributed by atoms with van der Waals surface area (Å²) in [5.74, 6) is 0.568. The second-order valence-corrected chi connectivity index (χ2v) is 5.74. The molecule has 2 aliphatic rings. The summed E-state index contributed by atoms with van der Waals surface area (Å²) < 4.78 is 0. The van der Waals surface area contributed by atoms with Crippen LogP contribution in [0.5, 0.6) is 0 Å². The van der Waals surface area contributed by atoms with Crippen molar-refractivity contribution in [3.63, 3.8) is 0 Å². The Morgan fingerprint density at radius 3 is 2.88 bits per heavy atom. The fourth-order valence-corrected chi connectivity index (χ4v) is 2.71. The molecule has 3 N–H and O–H groups in total. The summed E-state index contributed by atoms with van der Waals surface area (Å²) in [5, 5.41) is 15.3. The molecule has 98 valence electrons. The maximum absolute atomic E-state index is 12.1. The zero-order valence-corrected chi connectivity index (χ0v) is 10.7. The number of aliphatic hydroxyl groups is 1. The highest BCUT2D eigenvalue weighted by atomic mass is 16.3. The van der Waals surface area contributed by atoms with E-state index in [1.807, 2.05) is 0 Å². The first-order valence-corrected chi connectivity index (χ1v) is 6.79. The predicted octanol–water partition coefficient (Wildman–Crippen LogP) is 0.653. The van der Waals surface area contributed by atoms with Gasteiger partial charge in [0.25, 0.3) is 0 Å². The van der Waals surface area contributed by atoms with Gasteiger partial charge in [0.15, 0.2) is 0 Å². The molecule has 0 spiro atoms. The molecule has 2 atom stereocenters. The number of carbonyl (C=O) groups is 1. The Hall–Kier alpha value is -0.610. The fourth-order valence-electron chi connectivity index (χ4n) is 2.71. The summed E-state index contributed by atoms with van der Waals surface area (Å²) in [5.41, 5.74) is 0.211. The summed E-state index contributed by atoms with van der Waals surface area (Å²) in [6.45, 7) is 4.05. The summed E-state index contributed by atoms with van der Waals surface area (Å²) in [6, 6.07) is -0.0197. The van der Waals surface area contributed by atoms with Gasteiger partial charge in [-0.3, -0.25) is 4.79 Å². The average molecular weight is 240 g/mol. The number of hydrogen-bond acceptors (Lipinski definition) is 3. The van der Waals surface area contributed by atoms with Gasteiger partial charge in [0.1, 0.15) is 0 Å². The molecule has 17 heavy (non-hydrogen) atoms. The topological polar surface area (TPSA) is 61.4 Å². The Morgan fingerprint density at radius 1 is 1.53 bits per heavy atom. The number of nitrogens with one attached hydrogen (secondary N) is 2. The van der Waals surface area contributed by atoms with Gasteiger partial charge in [-0.25, -0.2) is 0 Å². The first-order valence-electron chi connectivity index (χ1n) is 6.79. The summed E-state index contributed by atoms with van der Waals surface area (Å²) in [6.07, 6.45) is 5.40. The largest absolute Gasteiger partial charge is 0.396 e. The number of rotatable bonds is 5. The molecule has 4 heteroatoms. The third kappa shape index (κ3) is 3.19. The maximum atomic E-state index is 12.1. The smallest absolute Gasteiger partial charge is 0.237 e. The summed E-state index contributed by atoms with van der Waals surface area (Å²) in [7, 11) is 0. The van der Waals surface area contributed by atoms with Crippen molar-refractivity contribution >= 4 is 5.91 Å². The van der Waals surface area contributed by atoms with E-state index in [0.717, 1.165) is 38.8 Å². The Morgan fingerprint density at radius 2 is 2.29 bits per heavy atom. The lowest BCUT2D eigenvalue weighted by Gasteiger charge is -2.29. The highest BCUT2D eigenvalue weighted by Crippen LogP contribution is 2.47. The first-order chi connectivity index (χ1) is 8.17. The predicted molar refractivity (Wildman–Crippen MR) is 66.6 cm³/mol. The van der Waals surface area contributed by atoms with Crippen molar-refractivity contribution in [2.45, 2.75) is 45.1 Å². The molecular formula is C13H24N2O2. The van der Waals surface area contributed by atoms with Gasteiger partial charge in [-0.15, -0.1) is 0 Å². The van der Waals surface area contributed by atoms with E-state index in [4.69, 9.17) is 5.11 Å². The van der Waals surface area contributed by atoms with Crippen molar-refractivity contribution in [2.24, 2.45) is 11.3 Å². The fraction of sp³-hybridized carbons (Fsp3) is 0.923. The van der Waals surface area contributed by atoms with Crippen molar-refractivity contribution in [1.29, 1.82) is 0 Å². The first kappa shape index (κ1) is 12.8. The Kier molecular flexibility index (Phi) is 4.05. The molecule has 1 saturated heterocycles. The number of carbonyl (C=O) groups excluding carboxylic acids is 1. The minimum Gasteiger partial charge on any atom is -0.396 e. The molecular weight excluding hydrogens is 216 g/mol. The van der Waals surface area contributed by atoms with E-state index in [1.165, 1.54) is 6.42 Å². The van der Waals surface area contributed by atoms with Crippen LogP contribution in [0, 0.1) is 11.3 Å². The van der Waals surface area contributed by atoms with Crippen molar-refractivity contribution in [3.05, 3.63) is 0 Å². The molecule has 0 aromatic rings. The molecule has 0 bridgehead atoms. The van der Waals surface area contributed by atoms with Gasteiger partial charge in [0.2, 0.25) is 5.91 Å². The van der Waals surface area contributed by atoms with Gasteiger partial charge in [-0.2, -0.15) is 0 Å². The zero-order chi connectivity index (χ0) is 12.3. The molecule has 2 rings (SSSR count). The average Bonchev–Trinajstić information content (AvgIpc) is 3.08. The second-order valence-electron chi connectivity index (χ2n) is 5.74. The molecule has 2 fully saturated rings. The van der Waals surface area contributed by atoms with Crippen LogP contribution >= 0.6 is 0 Å². The molecule has 1 aliphatic heterocycles. The number of aliphatic hydroxyl groups excluding tert-OH is 1. The van der Waals surface area contributed by atoms with Gasteiger partial charge in [-0.05, 0) is 50.0 Å². The minimum absolute atomic E-state index is 0.0197. The van der Waals surface area contributed by atoms with E-state index < -0.39 is 0 Å². The Balaban J connectivity index is 1.77. The lowest BCUT2D eigenvalue weighted by Crippen LogP contribution is -2.51. The van der Waals surface area contributed by atoms with Crippen LogP contribution in [-0.4, -0.2) is 36.8 Å². The number of amides is 1. The lowest BCUT2D eigenvalue weighted by molar-refractivity contribution is -0.125. The third-order valence-electron chi connectivity index (χ3n) is 4.29. The van der Waals surface area contributed by atoms with Crippen LogP contribution in [0.4, 0.5) is 0 Å². The minimum atomic E-state index is -0.0197. The van der Waals surface area contributed by atoms with Crippen LogP contribution in [0.15, 0.2) is 0 Å². The van der Waals surface area contributed by atoms with Gasteiger partial charge in [0.05, 0.1) is 6.04 Å². The van der Waals surface area contributed by atoms with Crippen LogP contribution < -0.4 is 10.6 Å². The van der Waals surface area contributed by atoms with Crippen LogP contribution in [0.25, 0.3) is 0 Å². The van der Waals surface area contributed by atoms with Crippen molar-refractivity contribution in [3.8, 4) is 0 Å². The molecule has 1 aliphatic carbocycles. The highest BCUT2D eigenvalue weighted by molar-refractivity contribution is 5.82.